The molecule has 1 aromatic rings. The fraction of sp³-hybridized carbons (Fsp3) is 0.611. The maximum Gasteiger partial charge on any atom is 0.225 e. The molecule has 0 bridgehead atoms. The summed E-state index contributed by atoms with van der Waals surface area (Å²) in [6.07, 6.45) is 5.75. The van der Waals surface area contributed by atoms with Crippen molar-refractivity contribution in [1.82, 2.24) is 5.32 Å². The van der Waals surface area contributed by atoms with Gasteiger partial charge in [-0.25, -0.2) is 0 Å². The van der Waals surface area contributed by atoms with Crippen LogP contribution < -0.4 is 15.5 Å². The molecule has 4 nitrogen and oxygen atoms in total. The molecular weight excluding hydrogens is 377 g/mol. The second kappa shape index (κ2) is 11.9. The Morgan fingerprint density at radius 2 is 1.96 bits per heavy atom. The van der Waals surface area contributed by atoms with Crippen LogP contribution in [0.3, 0.4) is 0 Å². The maximum absolute atomic E-state index is 12.2. The van der Waals surface area contributed by atoms with E-state index in [-0.39, 0.29) is 30.7 Å². The molecule has 25 heavy (non-hydrogen) atoms. The zero-order chi connectivity index (χ0) is 15.9. The maximum atomic E-state index is 12.2. The Labute approximate surface area is 167 Å². The summed E-state index contributed by atoms with van der Waals surface area (Å²) in [5.74, 6) is 2.29. The standard InChI is InChI=1S/C18H27N3OS.2ClH/c22-18(13-16-14-23-11-8-19-16)20-15-6-5-7-17(12-15)21-9-3-1-2-4-10-21;;/h5-7,12,16,19H,1-4,8-11,13-14H2,(H,20,22);2*1H. The monoisotopic (exact) mass is 405 g/mol. The van der Waals surface area contributed by atoms with E-state index >= 15 is 0 Å². The number of hydrogen-bond donors (Lipinski definition) is 2. The Balaban J connectivity index is 0.00000156. The first-order chi connectivity index (χ1) is 11.3. The molecule has 3 rings (SSSR count). The molecule has 2 aliphatic heterocycles. The number of nitrogens with zero attached hydrogens (tertiary/aromatic N) is 1. The molecule has 142 valence electrons. The molecule has 2 aliphatic rings. The molecule has 1 atom stereocenters. The molecule has 2 fully saturated rings. The predicted molar refractivity (Wildman–Crippen MR) is 114 cm³/mol. The van der Waals surface area contributed by atoms with E-state index in [2.05, 4.69) is 27.7 Å². The van der Waals surface area contributed by atoms with Crippen molar-refractivity contribution in [3.05, 3.63) is 24.3 Å². The summed E-state index contributed by atoms with van der Waals surface area (Å²) in [6.45, 7) is 3.26. The highest BCUT2D eigenvalue weighted by Gasteiger charge is 2.17. The van der Waals surface area contributed by atoms with Gasteiger partial charge in [0.1, 0.15) is 0 Å². The van der Waals surface area contributed by atoms with E-state index in [0.717, 1.165) is 36.8 Å². The molecule has 0 aliphatic carbocycles. The van der Waals surface area contributed by atoms with Crippen LogP contribution in [0.25, 0.3) is 0 Å². The van der Waals surface area contributed by atoms with Crippen molar-refractivity contribution in [3.8, 4) is 0 Å². The van der Waals surface area contributed by atoms with Gasteiger partial charge in [0.15, 0.2) is 0 Å². The first-order valence-corrected chi connectivity index (χ1v) is 9.93. The highest BCUT2D eigenvalue weighted by Crippen LogP contribution is 2.23. The fourth-order valence-electron chi connectivity index (χ4n) is 3.30. The molecule has 0 radical (unpaired) electrons. The van der Waals surface area contributed by atoms with Gasteiger partial charge in [0.25, 0.3) is 0 Å². The Hall–Kier alpha value is -0.620. The minimum absolute atomic E-state index is 0. The number of carbonyl (C=O) groups is 1. The lowest BCUT2D eigenvalue weighted by Gasteiger charge is -2.24. The van der Waals surface area contributed by atoms with Crippen LogP contribution in [-0.4, -0.2) is 43.1 Å². The Morgan fingerprint density at radius 3 is 2.64 bits per heavy atom. The third-order valence-corrected chi connectivity index (χ3v) is 5.66. The zero-order valence-electron chi connectivity index (χ0n) is 14.5. The van der Waals surface area contributed by atoms with Crippen molar-refractivity contribution >= 4 is 53.9 Å². The molecule has 2 heterocycles. The number of carbonyl (C=O) groups excluding carboxylic acids is 1. The number of benzene rings is 1. The summed E-state index contributed by atoms with van der Waals surface area (Å²) < 4.78 is 0. The van der Waals surface area contributed by atoms with Crippen LogP contribution in [0.4, 0.5) is 11.4 Å². The van der Waals surface area contributed by atoms with E-state index in [1.807, 2.05) is 23.9 Å². The molecule has 2 saturated heterocycles. The molecule has 1 unspecified atom stereocenters. The van der Waals surface area contributed by atoms with Crippen LogP contribution >= 0.6 is 36.6 Å². The van der Waals surface area contributed by atoms with Gasteiger partial charge in [0.05, 0.1) is 0 Å². The van der Waals surface area contributed by atoms with E-state index in [9.17, 15) is 4.79 Å². The van der Waals surface area contributed by atoms with Gasteiger partial charge in [0.2, 0.25) is 5.91 Å². The third kappa shape index (κ3) is 7.26. The molecule has 0 saturated carbocycles. The van der Waals surface area contributed by atoms with Crippen LogP contribution in [-0.2, 0) is 4.79 Å². The van der Waals surface area contributed by atoms with Crippen LogP contribution in [0.5, 0.6) is 0 Å². The Bertz CT molecular complexity index is 519. The van der Waals surface area contributed by atoms with Crippen LogP contribution in [0, 0.1) is 0 Å². The van der Waals surface area contributed by atoms with E-state index in [4.69, 9.17) is 0 Å². The quantitative estimate of drug-likeness (QED) is 0.795. The van der Waals surface area contributed by atoms with Crippen molar-refractivity contribution < 1.29 is 4.79 Å². The van der Waals surface area contributed by atoms with Gasteiger partial charge in [0, 0.05) is 55.0 Å². The lowest BCUT2D eigenvalue weighted by Crippen LogP contribution is -2.39. The van der Waals surface area contributed by atoms with Crippen molar-refractivity contribution in [1.29, 1.82) is 0 Å². The zero-order valence-corrected chi connectivity index (χ0v) is 17.0. The molecule has 1 aromatic carbocycles. The highest BCUT2D eigenvalue weighted by molar-refractivity contribution is 7.99. The predicted octanol–water partition coefficient (Wildman–Crippen LogP) is 3.94. The average Bonchev–Trinajstić information content (AvgIpc) is 2.85. The number of thioether (sulfide) groups is 1. The van der Waals surface area contributed by atoms with Gasteiger partial charge >= 0.3 is 0 Å². The van der Waals surface area contributed by atoms with E-state index in [0.29, 0.717) is 12.5 Å². The van der Waals surface area contributed by atoms with Crippen LogP contribution in [0.15, 0.2) is 24.3 Å². The first kappa shape index (κ1) is 22.4. The van der Waals surface area contributed by atoms with Crippen LogP contribution in [0.2, 0.25) is 0 Å². The van der Waals surface area contributed by atoms with Crippen LogP contribution in [0.1, 0.15) is 32.1 Å². The Kier molecular flexibility index (Phi) is 10.7. The summed E-state index contributed by atoms with van der Waals surface area (Å²) in [5, 5.41) is 6.49. The lowest BCUT2D eigenvalue weighted by molar-refractivity contribution is -0.116. The second-order valence-electron chi connectivity index (χ2n) is 6.43. The first-order valence-electron chi connectivity index (χ1n) is 8.77. The van der Waals surface area contributed by atoms with Gasteiger partial charge in [-0.15, -0.1) is 24.8 Å². The third-order valence-electron chi connectivity index (χ3n) is 4.53. The molecule has 2 N–H and O–H groups in total. The SMILES string of the molecule is Cl.Cl.O=C(CC1CSCCN1)Nc1cccc(N2CCCCCC2)c1. The smallest absolute Gasteiger partial charge is 0.225 e. The van der Waals surface area contributed by atoms with Gasteiger partial charge in [-0.2, -0.15) is 11.8 Å². The Morgan fingerprint density at radius 1 is 1.20 bits per heavy atom. The van der Waals surface area contributed by atoms with E-state index in [1.54, 1.807) is 0 Å². The number of rotatable bonds is 4. The van der Waals surface area contributed by atoms with Crippen molar-refractivity contribution in [2.75, 3.05) is 41.4 Å². The van der Waals surface area contributed by atoms with Crippen molar-refractivity contribution in [2.24, 2.45) is 0 Å². The lowest BCUT2D eigenvalue weighted by atomic mass is 10.2. The number of halogens is 2. The molecular formula is C18H29Cl2N3OS. The van der Waals surface area contributed by atoms with E-state index in [1.165, 1.54) is 31.4 Å². The van der Waals surface area contributed by atoms with Crippen molar-refractivity contribution in [2.45, 2.75) is 38.1 Å². The minimum Gasteiger partial charge on any atom is -0.371 e. The number of hydrogen-bond acceptors (Lipinski definition) is 4. The van der Waals surface area contributed by atoms with Crippen molar-refractivity contribution in [3.63, 3.8) is 0 Å². The molecule has 0 spiro atoms. The van der Waals surface area contributed by atoms with Gasteiger partial charge in [-0.3, -0.25) is 4.79 Å². The molecule has 1 amide bonds. The number of anilines is 2. The summed E-state index contributed by atoms with van der Waals surface area (Å²) in [6, 6.07) is 8.61. The normalized spacial score (nSPS) is 20.6. The minimum atomic E-state index is 0. The second-order valence-corrected chi connectivity index (χ2v) is 7.58. The number of nitrogens with one attached hydrogen (secondary N) is 2. The molecule has 7 heteroatoms. The highest BCUT2D eigenvalue weighted by atomic mass is 35.5. The fourth-order valence-corrected chi connectivity index (χ4v) is 4.24. The summed E-state index contributed by atoms with van der Waals surface area (Å²) in [7, 11) is 0. The summed E-state index contributed by atoms with van der Waals surface area (Å²) in [5.41, 5.74) is 2.15. The van der Waals surface area contributed by atoms with Gasteiger partial charge in [-0.05, 0) is 31.0 Å². The molecule has 0 aromatic heterocycles. The summed E-state index contributed by atoms with van der Waals surface area (Å²) >= 11 is 1.93. The largest absolute Gasteiger partial charge is 0.371 e. The topological polar surface area (TPSA) is 44.4 Å². The van der Waals surface area contributed by atoms with Gasteiger partial charge < -0.3 is 15.5 Å². The van der Waals surface area contributed by atoms with E-state index < -0.39 is 0 Å². The average molecular weight is 406 g/mol. The number of amides is 1. The summed E-state index contributed by atoms with van der Waals surface area (Å²) in [4.78, 5) is 14.7. The van der Waals surface area contributed by atoms with Gasteiger partial charge in [-0.1, -0.05) is 18.9 Å².